The molecule has 7 nitrogen and oxygen atoms in total. The highest BCUT2D eigenvalue weighted by Gasteiger charge is 2.20. The van der Waals surface area contributed by atoms with E-state index in [1.807, 2.05) is 19.9 Å². The molecule has 160 valence electrons. The van der Waals surface area contributed by atoms with Crippen molar-refractivity contribution in [2.75, 3.05) is 5.32 Å². The average molecular weight is 487 g/mol. The van der Waals surface area contributed by atoms with Gasteiger partial charge < -0.3 is 14.5 Å². The Kier molecular flexibility index (Phi) is 7.34. The van der Waals surface area contributed by atoms with Crippen molar-refractivity contribution in [2.45, 2.75) is 32.8 Å². The number of ether oxygens (including phenoxy) is 1. The maximum absolute atomic E-state index is 12.7. The number of carbonyl (C=O) groups is 1. The molecule has 0 aliphatic rings. The Hall–Kier alpha value is -1.74. The van der Waals surface area contributed by atoms with Crippen LogP contribution < -0.4 is 14.7 Å². The third-order valence-corrected chi connectivity index (χ3v) is 7.78. The van der Waals surface area contributed by atoms with Gasteiger partial charge in [-0.05, 0) is 49.2 Å². The second kappa shape index (κ2) is 9.60. The van der Waals surface area contributed by atoms with Crippen LogP contribution in [0.15, 0.2) is 36.5 Å². The third kappa shape index (κ3) is 6.14. The Morgan fingerprint density at radius 2 is 2.07 bits per heavy atom. The van der Waals surface area contributed by atoms with E-state index in [0.717, 1.165) is 39.5 Å². The van der Waals surface area contributed by atoms with Crippen molar-refractivity contribution in [1.82, 2.24) is 4.98 Å². The van der Waals surface area contributed by atoms with Crippen LogP contribution in [-0.4, -0.2) is 26.8 Å². The van der Waals surface area contributed by atoms with Gasteiger partial charge in [0.1, 0.15) is 14.7 Å². The minimum atomic E-state index is -4.28. The highest BCUT2D eigenvalue weighted by atomic mass is 35.5. The van der Waals surface area contributed by atoms with Crippen LogP contribution in [0.2, 0.25) is 4.34 Å². The molecule has 0 radical (unpaired) electrons. The van der Waals surface area contributed by atoms with Crippen LogP contribution in [0.4, 0.5) is 5.13 Å². The second-order valence-corrected chi connectivity index (χ2v) is 11.3. The number of thiazole rings is 1. The van der Waals surface area contributed by atoms with Gasteiger partial charge >= 0.3 is 7.60 Å². The van der Waals surface area contributed by atoms with Gasteiger partial charge in [-0.1, -0.05) is 29.9 Å². The molecule has 0 bridgehead atoms. The van der Waals surface area contributed by atoms with E-state index < -0.39 is 7.60 Å². The molecule has 0 aliphatic carbocycles. The molecule has 3 N–H and O–H groups in total. The molecule has 2 heterocycles. The van der Waals surface area contributed by atoms with Gasteiger partial charge in [-0.25, -0.2) is 4.98 Å². The first kappa shape index (κ1) is 22.9. The number of carbonyl (C=O) groups excluding carboxylic acids is 1. The van der Waals surface area contributed by atoms with Crippen LogP contribution in [0, 0.1) is 0 Å². The Balaban J connectivity index is 1.88. The van der Waals surface area contributed by atoms with Crippen molar-refractivity contribution in [3.63, 3.8) is 0 Å². The fourth-order valence-electron chi connectivity index (χ4n) is 2.58. The molecule has 11 heteroatoms. The number of halogens is 1. The number of aromatic nitrogens is 1. The maximum atomic E-state index is 12.7. The number of anilines is 1. The third-order valence-electron chi connectivity index (χ3n) is 4.15. The molecule has 2 aromatic heterocycles. The lowest BCUT2D eigenvalue weighted by molar-refractivity contribution is 0.102. The van der Waals surface area contributed by atoms with E-state index in [4.69, 9.17) is 16.3 Å². The minimum absolute atomic E-state index is 0.0168. The zero-order valence-electron chi connectivity index (χ0n) is 16.2. The van der Waals surface area contributed by atoms with E-state index >= 15 is 0 Å². The van der Waals surface area contributed by atoms with Gasteiger partial charge in [0, 0.05) is 16.9 Å². The van der Waals surface area contributed by atoms with E-state index in [1.54, 1.807) is 18.2 Å². The maximum Gasteiger partial charge on any atom is 0.366 e. The highest BCUT2D eigenvalue weighted by molar-refractivity contribution is 7.67. The van der Waals surface area contributed by atoms with Crippen molar-refractivity contribution >= 4 is 57.5 Å². The van der Waals surface area contributed by atoms with E-state index in [-0.39, 0.29) is 16.6 Å². The first-order valence-corrected chi connectivity index (χ1v) is 12.6. The van der Waals surface area contributed by atoms with E-state index in [9.17, 15) is 19.1 Å². The Morgan fingerprint density at radius 1 is 1.30 bits per heavy atom. The molecule has 1 unspecified atom stereocenters. The van der Waals surface area contributed by atoms with Gasteiger partial charge in [0.05, 0.1) is 12.3 Å². The van der Waals surface area contributed by atoms with Crippen molar-refractivity contribution in [1.29, 1.82) is 0 Å². The van der Waals surface area contributed by atoms with Crippen molar-refractivity contribution in [3.05, 3.63) is 56.9 Å². The lowest BCUT2D eigenvalue weighted by Gasteiger charge is -2.15. The van der Waals surface area contributed by atoms with Crippen LogP contribution >= 0.6 is 41.9 Å². The van der Waals surface area contributed by atoms with Gasteiger partial charge in [-0.3, -0.25) is 14.7 Å². The van der Waals surface area contributed by atoms with Gasteiger partial charge in [-0.2, -0.15) is 0 Å². The van der Waals surface area contributed by atoms with Gasteiger partial charge in [0.15, 0.2) is 5.13 Å². The molecular weight excluding hydrogens is 467 g/mol. The molecule has 0 fully saturated rings. The van der Waals surface area contributed by atoms with Gasteiger partial charge in [-0.15, -0.1) is 11.3 Å². The number of amides is 1. The van der Waals surface area contributed by atoms with E-state index in [0.29, 0.717) is 27.2 Å². The van der Waals surface area contributed by atoms with Gasteiger partial charge in [0.25, 0.3) is 5.91 Å². The number of nitrogens with zero attached hydrogens (tertiary/aromatic N) is 1. The smallest absolute Gasteiger partial charge is 0.366 e. The lowest BCUT2D eigenvalue weighted by Crippen LogP contribution is -2.14. The molecule has 0 saturated heterocycles. The first-order valence-electron chi connectivity index (χ1n) is 9.02. The molecule has 0 aliphatic heterocycles. The molecule has 3 aromatic rings. The molecule has 1 atom stereocenters. The first-order chi connectivity index (χ1) is 14.1. The molecular formula is C19H20ClN2O5PS2. The molecule has 0 saturated carbocycles. The minimum Gasteiger partial charge on any atom is -0.491 e. The standard InChI is InChI=1S/C19H20ClN2O5PS2/c1-3-11(2)27-14-7-12(8-15-4-5-17(29-15)28(24,25)26)6-13(9-14)18(23)22-19-21-10-16(20)30-19/h4-7,9-11H,3,8H2,1-2H3,(H,21,22,23)(H2,24,25,26). The topological polar surface area (TPSA) is 109 Å². The summed E-state index contributed by atoms with van der Waals surface area (Å²) in [5.41, 5.74) is 1.18. The normalized spacial score (nSPS) is 12.6. The molecule has 1 aromatic carbocycles. The number of rotatable bonds is 8. The Bertz CT molecular complexity index is 1090. The Morgan fingerprint density at radius 3 is 2.67 bits per heavy atom. The van der Waals surface area contributed by atoms with Crippen LogP contribution in [0.25, 0.3) is 0 Å². The molecule has 30 heavy (non-hydrogen) atoms. The van der Waals surface area contributed by atoms with Gasteiger partial charge in [0.2, 0.25) is 0 Å². The summed E-state index contributed by atoms with van der Waals surface area (Å²) >= 11 is 8.08. The van der Waals surface area contributed by atoms with Crippen LogP contribution in [0.3, 0.4) is 0 Å². The lowest BCUT2D eigenvalue weighted by atomic mass is 10.1. The summed E-state index contributed by atoms with van der Waals surface area (Å²) in [6, 6.07) is 8.33. The summed E-state index contributed by atoms with van der Waals surface area (Å²) in [6.07, 6.45) is 2.65. The van der Waals surface area contributed by atoms with Crippen molar-refractivity contribution < 1.29 is 23.9 Å². The quantitative estimate of drug-likeness (QED) is 0.399. The molecule has 3 rings (SSSR count). The average Bonchev–Trinajstić information content (AvgIpc) is 3.30. The zero-order valence-corrected chi connectivity index (χ0v) is 19.4. The predicted octanol–water partition coefficient (Wildman–Crippen LogP) is 4.68. The van der Waals surface area contributed by atoms with Crippen molar-refractivity contribution in [2.24, 2.45) is 0 Å². The van der Waals surface area contributed by atoms with E-state index in [2.05, 4.69) is 10.3 Å². The monoisotopic (exact) mass is 486 g/mol. The van der Waals surface area contributed by atoms with Crippen LogP contribution in [-0.2, 0) is 11.0 Å². The summed E-state index contributed by atoms with van der Waals surface area (Å²) in [5, 5.41) is 3.11. The number of hydrogen-bond donors (Lipinski definition) is 3. The fraction of sp³-hybridized carbons (Fsp3) is 0.263. The molecule has 0 spiro atoms. The fourth-order valence-corrected chi connectivity index (χ4v) is 5.26. The summed E-state index contributed by atoms with van der Waals surface area (Å²) in [5.74, 6) is 0.204. The zero-order chi connectivity index (χ0) is 21.9. The van der Waals surface area contributed by atoms with Crippen molar-refractivity contribution in [3.8, 4) is 5.75 Å². The number of hydrogen-bond acceptors (Lipinski definition) is 6. The summed E-state index contributed by atoms with van der Waals surface area (Å²) in [6.45, 7) is 3.94. The highest BCUT2D eigenvalue weighted by Crippen LogP contribution is 2.37. The summed E-state index contributed by atoms with van der Waals surface area (Å²) in [7, 11) is -4.28. The number of benzene rings is 1. The number of nitrogens with one attached hydrogen (secondary N) is 1. The van der Waals surface area contributed by atoms with Crippen LogP contribution in [0.1, 0.15) is 41.1 Å². The summed E-state index contributed by atoms with van der Waals surface area (Å²) in [4.78, 5) is 36.2. The predicted molar refractivity (Wildman–Crippen MR) is 121 cm³/mol. The Labute approximate surface area is 186 Å². The van der Waals surface area contributed by atoms with E-state index in [1.165, 1.54) is 12.3 Å². The summed E-state index contributed by atoms with van der Waals surface area (Å²) < 4.78 is 17.8. The largest absolute Gasteiger partial charge is 0.491 e. The number of thiophene rings is 1. The SMILES string of the molecule is CCC(C)Oc1cc(Cc2ccc(P(=O)(O)O)s2)cc(C(=O)Nc2ncc(Cl)s2)c1. The second-order valence-electron chi connectivity index (χ2n) is 6.59. The van der Waals surface area contributed by atoms with Crippen LogP contribution in [0.5, 0.6) is 5.75 Å². The molecule has 1 amide bonds.